The zero-order valence-electron chi connectivity index (χ0n) is 15.4. The zero-order valence-corrected chi connectivity index (χ0v) is 19.4. The molecule has 2 aromatic heterocycles. The predicted octanol–water partition coefficient (Wildman–Crippen LogP) is 6.74. The predicted molar refractivity (Wildman–Crippen MR) is 127 cm³/mol. The molecule has 1 amide bonds. The number of anilines is 1. The number of halogens is 1. The van der Waals surface area contributed by atoms with E-state index in [0.717, 1.165) is 31.3 Å². The van der Waals surface area contributed by atoms with E-state index in [1.165, 1.54) is 28.7 Å². The molecule has 146 valence electrons. The normalized spacial score (nSPS) is 10.8. The van der Waals surface area contributed by atoms with Crippen molar-refractivity contribution in [3.8, 4) is 22.5 Å². The highest BCUT2D eigenvalue weighted by Crippen LogP contribution is 2.29. The molecule has 0 aliphatic heterocycles. The van der Waals surface area contributed by atoms with Crippen molar-refractivity contribution in [2.75, 3.05) is 11.1 Å². The molecule has 0 saturated carbocycles. The van der Waals surface area contributed by atoms with Gasteiger partial charge in [0.25, 0.3) is 0 Å². The maximum atomic E-state index is 12.3. The molecule has 1 N–H and O–H groups in total. The molecule has 0 aliphatic rings. The highest BCUT2D eigenvalue weighted by molar-refractivity contribution is 9.10. The Balaban J connectivity index is 1.33. The summed E-state index contributed by atoms with van der Waals surface area (Å²) in [5, 5.41) is 7.45. The van der Waals surface area contributed by atoms with Gasteiger partial charge < -0.3 is 5.32 Å². The number of thioether (sulfide) groups is 1. The molecule has 8 heteroatoms. The number of carbonyl (C=O) groups excluding carboxylic acids is 1. The molecular formula is C21H16BrN3OS3. The molecule has 2 aromatic carbocycles. The number of thiazole rings is 2. The van der Waals surface area contributed by atoms with Crippen LogP contribution in [0, 0.1) is 6.92 Å². The highest BCUT2D eigenvalue weighted by atomic mass is 79.9. The van der Waals surface area contributed by atoms with Gasteiger partial charge in [-0.25, -0.2) is 9.97 Å². The minimum absolute atomic E-state index is 0.0845. The molecule has 0 radical (unpaired) electrons. The SMILES string of the molecule is Cc1ccc(-c2csc(SCC(=O)Nc3nc(-c4ccc(Br)cc4)cs3)n2)cc1. The average Bonchev–Trinajstić information content (AvgIpc) is 3.37. The van der Waals surface area contributed by atoms with Crippen molar-refractivity contribution in [3.63, 3.8) is 0 Å². The Bertz CT molecular complexity index is 1120. The third kappa shape index (κ3) is 5.33. The highest BCUT2D eigenvalue weighted by Gasteiger charge is 2.11. The van der Waals surface area contributed by atoms with Gasteiger partial charge in [0.2, 0.25) is 5.91 Å². The molecular weight excluding hydrogens is 486 g/mol. The lowest BCUT2D eigenvalue weighted by atomic mass is 10.1. The molecule has 4 rings (SSSR count). The second-order valence-corrected chi connectivity index (χ2v) is 10.1. The second-order valence-electron chi connectivity index (χ2n) is 6.25. The number of benzene rings is 2. The number of hydrogen-bond donors (Lipinski definition) is 1. The van der Waals surface area contributed by atoms with Gasteiger partial charge in [-0.3, -0.25) is 4.79 Å². The van der Waals surface area contributed by atoms with Gasteiger partial charge in [0.15, 0.2) is 9.47 Å². The van der Waals surface area contributed by atoms with Crippen molar-refractivity contribution in [1.29, 1.82) is 0 Å². The van der Waals surface area contributed by atoms with Gasteiger partial charge in [-0.1, -0.05) is 69.7 Å². The Hall–Kier alpha value is -2.00. The molecule has 0 atom stereocenters. The Kier molecular flexibility index (Phi) is 6.44. The van der Waals surface area contributed by atoms with Crippen molar-refractivity contribution >= 4 is 61.4 Å². The van der Waals surface area contributed by atoms with Crippen LogP contribution in [-0.4, -0.2) is 21.6 Å². The molecule has 0 fully saturated rings. The Labute approximate surface area is 189 Å². The van der Waals surface area contributed by atoms with Gasteiger partial charge in [-0.2, -0.15) is 0 Å². The molecule has 0 unspecified atom stereocenters. The summed E-state index contributed by atoms with van der Waals surface area (Å²) in [6.45, 7) is 2.06. The van der Waals surface area contributed by atoms with E-state index in [0.29, 0.717) is 10.9 Å². The van der Waals surface area contributed by atoms with Crippen LogP contribution in [0.1, 0.15) is 5.56 Å². The maximum Gasteiger partial charge on any atom is 0.236 e. The van der Waals surface area contributed by atoms with Gasteiger partial charge in [-0.05, 0) is 19.1 Å². The van der Waals surface area contributed by atoms with Crippen LogP contribution in [-0.2, 0) is 4.79 Å². The van der Waals surface area contributed by atoms with Crippen LogP contribution in [0.15, 0.2) is 68.1 Å². The first kappa shape index (κ1) is 20.3. The van der Waals surface area contributed by atoms with E-state index >= 15 is 0 Å². The lowest BCUT2D eigenvalue weighted by molar-refractivity contribution is -0.113. The summed E-state index contributed by atoms with van der Waals surface area (Å²) < 4.78 is 1.90. The summed E-state index contributed by atoms with van der Waals surface area (Å²) in [4.78, 5) is 21.4. The van der Waals surface area contributed by atoms with E-state index in [9.17, 15) is 4.79 Å². The molecule has 0 aliphatic carbocycles. The summed E-state index contributed by atoms with van der Waals surface area (Å²) >= 11 is 7.85. The summed E-state index contributed by atoms with van der Waals surface area (Å²) in [6, 6.07) is 16.2. The molecule has 29 heavy (non-hydrogen) atoms. The van der Waals surface area contributed by atoms with Crippen LogP contribution in [0.4, 0.5) is 5.13 Å². The third-order valence-electron chi connectivity index (χ3n) is 4.05. The van der Waals surface area contributed by atoms with E-state index < -0.39 is 0 Å². The number of hydrogen-bond acceptors (Lipinski definition) is 6. The fourth-order valence-electron chi connectivity index (χ4n) is 2.55. The van der Waals surface area contributed by atoms with Gasteiger partial charge in [-0.15, -0.1) is 22.7 Å². The number of amides is 1. The summed E-state index contributed by atoms with van der Waals surface area (Å²) in [5.41, 5.74) is 5.13. The van der Waals surface area contributed by atoms with Crippen LogP contribution < -0.4 is 5.32 Å². The Morgan fingerprint density at radius 3 is 2.31 bits per heavy atom. The first-order valence-corrected chi connectivity index (χ1v) is 12.3. The van der Waals surface area contributed by atoms with Crippen molar-refractivity contribution in [2.24, 2.45) is 0 Å². The average molecular weight is 502 g/mol. The monoisotopic (exact) mass is 501 g/mol. The number of carbonyl (C=O) groups is 1. The van der Waals surface area contributed by atoms with E-state index in [-0.39, 0.29) is 5.91 Å². The minimum atomic E-state index is -0.0845. The van der Waals surface area contributed by atoms with Crippen molar-refractivity contribution in [2.45, 2.75) is 11.3 Å². The van der Waals surface area contributed by atoms with Crippen LogP contribution >= 0.6 is 50.4 Å². The van der Waals surface area contributed by atoms with Crippen LogP contribution in [0.5, 0.6) is 0 Å². The molecule has 0 spiro atoms. The second kappa shape index (κ2) is 9.21. The lowest BCUT2D eigenvalue weighted by Gasteiger charge is -2.00. The van der Waals surface area contributed by atoms with Crippen molar-refractivity contribution in [3.05, 3.63) is 69.3 Å². The van der Waals surface area contributed by atoms with E-state index in [2.05, 4.69) is 62.4 Å². The Morgan fingerprint density at radius 2 is 1.59 bits per heavy atom. The van der Waals surface area contributed by atoms with Gasteiger partial charge in [0.1, 0.15) is 0 Å². The smallest absolute Gasteiger partial charge is 0.236 e. The maximum absolute atomic E-state index is 12.3. The lowest BCUT2D eigenvalue weighted by Crippen LogP contribution is -2.13. The van der Waals surface area contributed by atoms with Crippen molar-refractivity contribution < 1.29 is 4.79 Å². The summed E-state index contributed by atoms with van der Waals surface area (Å²) in [7, 11) is 0. The first-order chi connectivity index (χ1) is 14.1. The summed E-state index contributed by atoms with van der Waals surface area (Å²) in [5.74, 6) is 0.215. The van der Waals surface area contributed by atoms with Gasteiger partial charge in [0, 0.05) is 26.4 Å². The molecule has 0 saturated heterocycles. The number of nitrogens with zero attached hydrogens (tertiary/aromatic N) is 2. The third-order valence-corrected chi connectivity index (χ3v) is 7.36. The molecule has 0 bridgehead atoms. The van der Waals surface area contributed by atoms with Gasteiger partial charge >= 0.3 is 0 Å². The fraction of sp³-hybridized carbons (Fsp3) is 0.0952. The molecule has 2 heterocycles. The van der Waals surface area contributed by atoms with Crippen LogP contribution in [0.2, 0.25) is 0 Å². The number of nitrogens with one attached hydrogen (secondary N) is 1. The topological polar surface area (TPSA) is 54.9 Å². The number of aryl methyl sites for hydroxylation is 1. The van der Waals surface area contributed by atoms with E-state index in [1.54, 1.807) is 11.3 Å². The first-order valence-electron chi connectivity index (χ1n) is 8.73. The van der Waals surface area contributed by atoms with E-state index in [4.69, 9.17) is 0 Å². The largest absolute Gasteiger partial charge is 0.301 e. The number of rotatable bonds is 6. The van der Waals surface area contributed by atoms with E-state index in [1.807, 2.05) is 35.0 Å². The minimum Gasteiger partial charge on any atom is -0.301 e. The Morgan fingerprint density at radius 1 is 0.966 bits per heavy atom. The zero-order chi connectivity index (χ0) is 20.2. The number of aromatic nitrogens is 2. The van der Waals surface area contributed by atoms with Crippen molar-refractivity contribution in [1.82, 2.24) is 9.97 Å². The van der Waals surface area contributed by atoms with Crippen LogP contribution in [0.25, 0.3) is 22.5 Å². The standard InChI is InChI=1S/C21H16BrN3OS3/c1-13-2-4-14(5-3-13)18-11-28-21(24-18)29-12-19(26)25-20-23-17(10-27-20)15-6-8-16(22)9-7-15/h2-11H,12H2,1H3,(H,23,25,26). The quantitative estimate of drug-likeness (QED) is 0.297. The van der Waals surface area contributed by atoms with Gasteiger partial charge in [0.05, 0.1) is 17.1 Å². The molecule has 4 nitrogen and oxygen atoms in total. The van der Waals surface area contributed by atoms with Crippen LogP contribution in [0.3, 0.4) is 0 Å². The summed E-state index contributed by atoms with van der Waals surface area (Å²) in [6.07, 6.45) is 0. The molecule has 4 aromatic rings. The fourth-order valence-corrected chi connectivity index (χ4v) is 5.18.